The van der Waals surface area contributed by atoms with Gasteiger partial charge in [0.25, 0.3) is 23.2 Å². The summed E-state index contributed by atoms with van der Waals surface area (Å²) in [4.78, 5) is 43.2. The van der Waals surface area contributed by atoms with Gasteiger partial charge < -0.3 is 11.1 Å². The quantitative estimate of drug-likeness (QED) is 0.626. The number of nitrogens with zero attached hydrogens (tertiary/aromatic N) is 2. The molecule has 11 heteroatoms. The molecule has 0 atom stereocenters. The Hall–Kier alpha value is -3.34. The van der Waals surface area contributed by atoms with Gasteiger partial charge in [-0.1, -0.05) is 0 Å². The van der Waals surface area contributed by atoms with E-state index < -0.39 is 33.0 Å². The molecule has 1 aromatic heterocycles. The minimum atomic E-state index is -0.843. The molecule has 0 radical (unpaired) electrons. The maximum absolute atomic E-state index is 12.1. The summed E-state index contributed by atoms with van der Waals surface area (Å²) in [5, 5.41) is 25.6. The number of nitro groups is 2. The van der Waals surface area contributed by atoms with Crippen LogP contribution in [0.5, 0.6) is 0 Å². The highest BCUT2D eigenvalue weighted by atomic mass is 32.1. The Morgan fingerprint density at radius 1 is 1.09 bits per heavy atom. The van der Waals surface area contributed by atoms with Gasteiger partial charge in [-0.25, -0.2) is 0 Å². The highest BCUT2D eigenvalue weighted by Crippen LogP contribution is 2.26. The zero-order valence-electron chi connectivity index (χ0n) is 11.2. The summed E-state index contributed by atoms with van der Waals surface area (Å²) < 4.78 is 0. The second-order valence-electron chi connectivity index (χ2n) is 4.23. The maximum atomic E-state index is 12.1. The molecule has 118 valence electrons. The minimum Gasteiger partial charge on any atom is -0.366 e. The molecule has 0 aliphatic rings. The Kier molecular flexibility index (Phi) is 4.32. The van der Waals surface area contributed by atoms with E-state index in [0.717, 1.165) is 29.5 Å². The number of anilines is 1. The molecule has 1 aromatic carbocycles. The predicted octanol–water partition coefficient (Wildman–Crippen LogP) is 1.92. The maximum Gasteiger partial charge on any atom is 0.277 e. The first-order valence-electron chi connectivity index (χ1n) is 5.92. The average molecular weight is 336 g/mol. The van der Waals surface area contributed by atoms with Gasteiger partial charge in [0.05, 0.1) is 27.0 Å². The zero-order valence-corrected chi connectivity index (χ0v) is 12.0. The van der Waals surface area contributed by atoms with Crippen LogP contribution < -0.4 is 11.1 Å². The molecule has 2 rings (SSSR count). The molecule has 0 aliphatic carbocycles. The van der Waals surface area contributed by atoms with Crippen LogP contribution in [0.1, 0.15) is 20.7 Å². The van der Waals surface area contributed by atoms with E-state index in [1.54, 1.807) is 0 Å². The van der Waals surface area contributed by atoms with Crippen LogP contribution in [0.4, 0.5) is 16.4 Å². The Morgan fingerprint density at radius 3 is 2.13 bits per heavy atom. The second-order valence-corrected chi connectivity index (χ2v) is 5.15. The van der Waals surface area contributed by atoms with E-state index in [1.807, 2.05) is 0 Å². The van der Waals surface area contributed by atoms with Crippen LogP contribution in [0.25, 0.3) is 0 Å². The number of nitrogens with one attached hydrogen (secondary N) is 1. The molecule has 0 saturated carbocycles. The third-order valence-corrected chi connectivity index (χ3v) is 3.57. The van der Waals surface area contributed by atoms with Crippen molar-refractivity contribution in [2.45, 2.75) is 0 Å². The van der Waals surface area contributed by atoms with Gasteiger partial charge >= 0.3 is 0 Å². The minimum absolute atomic E-state index is 0.0725. The molecule has 10 nitrogen and oxygen atoms in total. The fraction of sp³-hybridized carbons (Fsp3) is 0. The molecule has 23 heavy (non-hydrogen) atoms. The van der Waals surface area contributed by atoms with Crippen molar-refractivity contribution in [3.05, 3.63) is 61.0 Å². The number of non-ortho nitro benzene ring substituents is 2. The molecule has 3 N–H and O–H groups in total. The Labute approximate surface area is 131 Å². The van der Waals surface area contributed by atoms with Crippen molar-refractivity contribution in [1.82, 2.24) is 0 Å². The monoisotopic (exact) mass is 336 g/mol. The summed E-state index contributed by atoms with van der Waals surface area (Å²) in [5.74, 6) is -1.59. The van der Waals surface area contributed by atoms with Crippen molar-refractivity contribution in [2.75, 3.05) is 5.32 Å². The molecule has 0 fully saturated rings. The van der Waals surface area contributed by atoms with E-state index in [2.05, 4.69) is 5.32 Å². The van der Waals surface area contributed by atoms with Crippen molar-refractivity contribution < 1.29 is 19.4 Å². The normalized spacial score (nSPS) is 10.1. The largest absolute Gasteiger partial charge is 0.366 e. The van der Waals surface area contributed by atoms with Gasteiger partial charge in [-0.3, -0.25) is 29.8 Å². The standard InChI is InChI=1S/C12H8N4O6S/c13-10(17)9-1-2-23-12(9)14-11(18)6-3-7(15(19)20)5-8(4-6)16(21)22/h1-5H,(H2,13,17)(H,14,18). The number of thiophene rings is 1. The second kappa shape index (κ2) is 6.19. The third kappa shape index (κ3) is 3.47. The van der Waals surface area contributed by atoms with Crippen LogP contribution in [0, 0.1) is 20.2 Å². The number of hydrogen-bond donors (Lipinski definition) is 2. The zero-order chi connectivity index (χ0) is 17.1. The highest BCUT2D eigenvalue weighted by Gasteiger charge is 2.21. The lowest BCUT2D eigenvalue weighted by Gasteiger charge is -2.05. The summed E-state index contributed by atoms with van der Waals surface area (Å²) in [6.07, 6.45) is 0. The van der Waals surface area contributed by atoms with Crippen molar-refractivity contribution >= 4 is 39.5 Å². The molecule has 0 spiro atoms. The summed E-state index contributed by atoms with van der Waals surface area (Å²) >= 11 is 1.02. The first-order valence-corrected chi connectivity index (χ1v) is 6.80. The summed E-state index contributed by atoms with van der Waals surface area (Å²) in [6, 6.07) is 3.95. The number of amides is 2. The van der Waals surface area contributed by atoms with Crippen molar-refractivity contribution in [2.24, 2.45) is 5.73 Å². The molecule has 2 aromatic rings. The fourth-order valence-corrected chi connectivity index (χ4v) is 2.50. The van der Waals surface area contributed by atoms with Gasteiger partial charge in [0.15, 0.2) is 0 Å². The number of carbonyl (C=O) groups is 2. The number of carbonyl (C=O) groups excluding carboxylic acids is 2. The van der Waals surface area contributed by atoms with Crippen molar-refractivity contribution in [3.8, 4) is 0 Å². The number of hydrogen-bond acceptors (Lipinski definition) is 7. The lowest BCUT2D eigenvalue weighted by Crippen LogP contribution is -2.16. The summed E-state index contributed by atoms with van der Waals surface area (Å²) in [5.41, 5.74) is 3.74. The first kappa shape index (κ1) is 16.0. The van der Waals surface area contributed by atoms with Gasteiger partial charge in [0, 0.05) is 12.1 Å². The molecular weight excluding hydrogens is 328 g/mol. The summed E-state index contributed by atoms with van der Waals surface area (Å²) in [7, 11) is 0. The van der Waals surface area contributed by atoms with Gasteiger partial charge in [-0.05, 0) is 11.4 Å². The lowest BCUT2D eigenvalue weighted by molar-refractivity contribution is -0.394. The Morgan fingerprint density at radius 2 is 1.65 bits per heavy atom. The van der Waals surface area contributed by atoms with Crippen LogP contribution in [0.2, 0.25) is 0 Å². The fourth-order valence-electron chi connectivity index (χ4n) is 1.71. The van der Waals surface area contributed by atoms with Gasteiger partial charge in [0.2, 0.25) is 0 Å². The summed E-state index contributed by atoms with van der Waals surface area (Å²) in [6.45, 7) is 0. The molecule has 0 bridgehead atoms. The van der Waals surface area contributed by atoms with Crippen molar-refractivity contribution in [3.63, 3.8) is 0 Å². The molecule has 0 saturated heterocycles. The number of nitro benzene ring substituents is 2. The smallest absolute Gasteiger partial charge is 0.277 e. The van der Waals surface area contributed by atoms with Crippen LogP contribution >= 0.6 is 11.3 Å². The molecule has 0 aliphatic heterocycles. The van der Waals surface area contributed by atoms with Gasteiger partial charge in [-0.15, -0.1) is 11.3 Å². The highest BCUT2D eigenvalue weighted by molar-refractivity contribution is 7.14. The molecule has 2 amide bonds. The SMILES string of the molecule is NC(=O)c1ccsc1NC(=O)c1cc([N+](=O)[O-])cc([N+](=O)[O-])c1. The number of primary amides is 1. The van der Waals surface area contributed by atoms with Crippen LogP contribution in [-0.4, -0.2) is 21.7 Å². The topological polar surface area (TPSA) is 158 Å². The Bertz CT molecular complexity index is 798. The van der Waals surface area contributed by atoms with E-state index in [-0.39, 0.29) is 16.1 Å². The third-order valence-electron chi connectivity index (χ3n) is 2.74. The lowest BCUT2D eigenvalue weighted by atomic mass is 10.1. The van der Waals surface area contributed by atoms with Crippen molar-refractivity contribution in [1.29, 1.82) is 0 Å². The van der Waals surface area contributed by atoms with E-state index in [9.17, 15) is 29.8 Å². The van der Waals surface area contributed by atoms with E-state index >= 15 is 0 Å². The number of rotatable bonds is 5. The molecule has 1 heterocycles. The van der Waals surface area contributed by atoms with Crippen LogP contribution in [0.15, 0.2) is 29.6 Å². The number of nitrogens with two attached hydrogens (primary N) is 1. The molecular formula is C12H8N4O6S. The van der Waals surface area contributed by atoms with E-state index in [4.69, 9.17) is 5.73 Å². The Balaban J connectivity index is 2.38. The van der Waals surface area contributed by atoms with E-state index in [0.29, 0.717) is 0 Å². The molecule has 0 unspecified atom stereocenters. The number of benzene rings is 1. The predicted molar refractivity (Wildman–Crippen MR) is 80.5 cm³/mol. The van der Waals surface area contributed by atoms with Gasteiger partial charge in [-0.2, -0.15) is 0 Å². The van der Waals surface area contributed by atoms with E-state index in [1.165, 1.54) is 11.4 Å². The van der Waals surface area contributed by atoms with Crippen LogP contribution in [0.3, 0.4) is 0 Å². The average Bonchev–Trinajstić information content (AvgIpc) is 2.94. The first-order chi connectivity index (χ1) is 10.8. The van der Waals surface area contributed by atoms with Gasteiger partial charge in [0.1, 0.15) is 5.00 Å². The van der Waals surface area contributed by atoms with Crippen LogP contribution in [-0.2, 0) is 0 Å².